The van der Waals surface area contributed by atoms with E-state index in [0.717, 1.165) is 28.3 Å². The monoisotopic (exact) mass is 199 g/mol. The van der Waals surface area contributed by atoms with Crippen molar-refractivity contribution in [1.82, 2.24) is 9.97 Å². The van der Waals surface area contributed by atoms with E-state index in [1.165, 1.54) is 0 Å². The fourth-order valence-corrected chi connectivity index (χ4v) is 1.47. The second-order valence-electron chi connectivity index (χ2n) is 3.54. The van der Waals surface area contributed by atoms with Crippen molar-refractivity contribution in [1.29, 1.82) is 0 Å². The van der Waals surface area contributed by atoms with Crippen LogP contribution in [-0.4, -0.2) is 9.97 Å². The third-order valence-electron chi connectivity index (χ3n) is 2.41. The van der Waals surface area contributed by atoms with Crippen LogP contribution in [0.5, 0.6) is 0 Å². The lowest BCUT2D eigenvalue weighted by Crippen LogP contribution is -1.96. The molecule has 2 aromatic rings. The average molecular weight is 199 g/mol. The number of nitrogens with two attached hydrogens (primary N) is 1. The number of nitrogens with zero attached hydrogens (tertiary/aromatic N) is 2. The quantitative estimate of drug-likeness (QED) is 0.717. The zero-order valence-corrected chi connectivity index (χ0v) is 8.86. The first-order chi connectivity index (χ1) is 7.18. The molecular weight excluding hydrogens is 186 g/mol. The molecule has 1 aromatic carbocycles. The summed E-state index contributed by atoms with van der Waals surface area (Å²) in [5, 5.41) is 0. The van der Waals surface area contributed by atoms with Crippen molar-refractivity contribution in [2.24, 2.45) is 0 Å². The highest BCUT2D eigenvalue weighted by Gasteiger charge is 2.06. The van der Waals surface area contributed by atoms with Gasteiger partial charge in [0, 0.05) is 23.1 Å². The van der Waals surface area contributed by atoms with E-state index in [1.54, 1.807) is 6.20 Å². The highest BCUT2D eigenvalue weighted by atomic mass is 14.9. The number of nitrogen functional groups attached to an aromatic ring is 1. The van der Waals surface area contributed by atoms with Crippen molar-refractivity contribution in [3.8, 4) is 11.4 Å². The van der Waals surface area contributed by atoms with Gasteiger partial charge >= 0.3 is 0 Å². The summed E-state index contributed by atoms with van der Waals surface area (Å²) >= 11 is 0. The van der Waals surface area contributed by atoms with Gasteiger partial charge in [-0.15, -0.1) is 0 Å². The Morgan fingerprint density at radius 1 is 1.13 bits per heavy atom. The average Bonchev–Trinajstić information content (AvgIpc) is 2.22. The smallest absolute Gasteiger partial charge is 0.159 e. The van der Waals surface area contributed by atoms with Gasteiger partial charge in [0.25, 0.3) is 0 Å². The molecule has 15 heavy (non-hydrogen) atoms. The predicted octanol–water partition coefficient (Wildman–Crippen LogP) is 2.34. The van der Waals surface area contributed by atoms with Crippen LogP contribution in [0.3, 0.4) is 0 Å². The molecule has 0 saturated carbocycles. The Morgan fingerprint density at radius 3 is 2.67 bits per heavy atom. The Morgan fingerprint density at radius 2 is 1.93 bits per heavy atom. The van der Waals surface area contributed by atoms with Crippen molar-refractivity contribution in [3.63, 3.8) is 0 Å². The number of rotatable bonds is 1. The maximum atomic E-state index is 5.84. The van der Waals surface area contributed by atoms with E-state index in [0.29, 0.717) is 0 Å². The Balaban J connectivity index is 2.59. The van der Waals surface area contributed by atoms with Crippen molar-refractivity contribution in [2.45, 2.75) is 13.8 Å². The van der Waals surface area contributed by atoms with Gasteiger partial charge in [-0.25, -0.2) is 9.97 Å². The van der Waals surface area contributed by atoms with Crippen LogP contribution in [0.2, 0.25) is 0 Å². The summed E-state index contributed by atoms with van der Waals surface area (Å²) in [4.78, 5) is 8.62. The van der Waals surface area contributed by atoms with Crippen LogP contribution in [0.25, 0.3) is 11.4 Å². The van der Waals surface area contributed by atoms with Gasteiger partial charge in [0.1, 0.15) is 0 Å². The Bertz CT molecular complexity index is 492. The van der Waals surface area contributed by atoms with Gasteiger partial charge in [0.15, 0.2) is 5.82 Å². The Hall–Kier alpha value is -1.90. The number of aromatic nitrogens is 2. The molecule has 0 fully saturated rings. The summed E-state index contributed by atoms with van der Waals surface area (Å²) in [6.45, 7) is 3.93. The SMILES string of the molecule is Cc1ccnc(-c2cccc(N)c2C)n1. The van der Waals surface area contributed by atoms with Gasteiger partial charge in [0.05, 0.1) is 0 Å². The van der Waals surface area contributed by atoms with Crippen LogP contribution in [0.1, 0.15) is 11.3 Å². The molecule has 3 nitrogen and oxygen atoms in total. The van der Waals surface area contributed by atoms with Crippen LogP contribution in [0, 0.1) is 13.8 Å². The van der Waals surface area contributed by atoms with E-state index in [4.69, 9.17) is 5.73 Å². The van der Waals surface area contributed by atoms with Gasteiger partial charge in [-0.1, -0.05) is 12.1 Å². The molecule has 0 bridgehead atoms. The van der Waals surface area contributed by atoms with Crippen molar-refractivity contribution < 1.29 is 0 Å². The van der Waals surface area contributed by atoms with Crippen molar-refractivity contribution >= 4 is 5.69 Å². The first-order valence-electron chi connectivity index (χ1n) is 4.83. The second-order valence-corrected chi connectivity index (χ2v) is 3.54. The lowest BCUT2D eigenvalue weighted by Gasteiger charge is -2.06. The van der Waals surface area contributed by atoms with E-state index in [2.05, 4.69) is 9.97 Å². The lowest BCUT2D eigenvalue weighted by molar-refractivity contribution is 1.11. The van der Waals surface area contributed by atoms with Crippen LogP contribution in [0.4, 0.5) is 5.69 Å². The zero-order chi connectivity index (χ0) is 10.8. The van der Waals surface area contributed by atoms with E-state index < -0.39 is 0 Å². The van der Waals surface area contributed by atoms with Crippen LogP contribution in [0.15, 0.2) is 30.5 Å². The van der Waals surface area contributed by atoms with Crippen molar-refractivity contribution in [2.75, 3.05) is 5.73 Å². The maximum Gasteiger partial charge on any atom is 0.159 e. The van der Waals surface area contributed by atoms with Gasteiger partial charge in [0.2, 0.25) is 0 Å². The minimum atomic E-state index is 0.736. The van der Waals surface area contributed by atoms with Gasteiger partial charge in [-0.3, -0.25) is 0 Å². The van der Waals surface area contributed by atoms with Gasteiger partial charge < -0.3 is 5.73 Å². The Kier molecular flexibility index (Phi) is 2.37. The molecular formula is C12H13N3. The van der Waals surface area contributed by atoms with E-state index in [-0.39, 0.29) is 0 Å². The molecule has 1 aromatic heterocycles. The Labute approximate surface area is 89.0 Å². The molecule has 76 valence electrons. The summed E-state index contributed by atoms with van der Waals surface area (Å²) in [5.41, 5.74) is 9.61. The number of aryl methyl sites for hydroxylation is 1. The minimum Gasteiger partial charge on any atom is -0.398 e. The third-order valence-corrected chi connectivity index (χ3v) is 2.41. The molecule has 2 rings (SSSR count). The standard InChI is InChI=1S/C12H13N3/c1-8-6-7-14-12(15-8)10-4-3-5-11(13)9(10)2/h3-7H,13H2,1-2H3. The molecule has 2 N–H and O–H groups in total. The van der Waals surface area contributed by atoms with Crippen LogP contribution in [-0.2, 0) is 0 Å². The number of hydrogen-bond donors (Lipinski definition) is 1. The molecule has 0 aliphatic carbocycles. The summed E-state index contributed by atoms with van der Waals surface area (Å²) in [6, 6.07) is 7.67. The first kappa shape index (κ1) is 9.65. The summed E-state index contributed by atoms with van der Waals surface area (Å²) in [7, 11) is 0. The van der Waals surface area contributed by atoms with Gasteiger partial charge in [-0.05, 0) is 31.5 Å². The van der Waals surface area contributed by atoms with Crippen molar-refractivity contribution in [3.05, 3.63) is 41.7 Å². The molecule has 0 radical (unpaired) electrons. The highest BCUT2D eigenvalue weighted by Crippen LogP contribution is 2.23. The molecule has 0 spiro atoms. The van der Waals surface area contributed by atoms with E-state index in [9.17, 15) is 0 Å². The molecule has 0 unspecified atom stereocenters. The summed E-state index contributed by atoms with van der Waals surface area (Å²) in [6.07, 6.45) is 1.76. The number of anilines is 1. The second kappa shape index (κ2) is 3.69. The van der Waals surface area contributed by atoms with Crippen LogP contribution >= 0.6 is 0 Å². The fraction of sp³-hybridized carbons (Fsp3) is 0.167. The molecule has 0 saturated heterocycles. The molecule has 0 amide bonds. The fourth-order valence-electron chi connectivity index (χ4n) is 1.47. The molecule has 0 aliphatic rings. The topological polar surface area (TPSA) is 51.8 Å². The number of hydrogen-bond acceptors (Lipinski definition) is 3. The summed E-state index contributed by atoms with van der Waals surface area (Å²) < 4.78 is 0. The number of benzene rings is 1. The zero-order valence-electron chi connectivity index (χ0n) is 8.86. The lowest BCUT2D eigenvalue weighted by atomic mass is 10.1. The van der Waals surface area contributed by atoms with E-state index in [1.807, 2.05) is 38.1 Å². The molecule has 3 heteroatoms. The summed E-state index contributed by atoms with van der Waals surface area (Å²) in [5.74, 6) is 0.736. The molecule has 0 atom stereocenters. The maximum absolute atomic E-state index is 5.84. The first-order valence-corrected chi connectivity index (χ1v) is 4.83. The normalized spacial score (nSPS) is 10.3. The molecule has 1 heterocycles. The largest absolute Gasteiger partial charge is 0.398 e. The third kappa shape index (κ3) is 1.81. The minimum absolute atomic E-state index is 0.736. The predicted molar refractivity (Wildman–Crippen MR) is 61.4 cm³/mol. The highest BCUT2D eigenvalue weighted by molar-refractivity contribution is 5.67. The van der Waals surface area contributed by atoms with Crippen LogP contribution < -0.4 is 5.73 Å². The van der Waals surface area contributed by atoms with E-state index >= 15 is 0 Å². The molecule has 0 aliphatic heterocycles. The van der Waals surface area contributed by atoms with Gasteiger partial charge in [-0.2, -0.15) is 0 Å².